The Bertz CT molecular complexity index is 313. The number of para-hydroxylation sites is 2. The SMILES string of the molecule is O=[N+]([O-])c1ccccc1[N+](=O)[O-].[NH2-].[NH2-].[Pd+2]. The summed E-state index contributed by atoms with van der Waals surface area (Å²) in [6, 6.07) is 4.95. The first kappa shape index (κ1) is 19.2. The number of nitrogens with zero attached hydrogens (tertiary/aromatic N) is 2. The second-order valence-electron chi connectivity index (χ2n) is 2.00. The van der Waals surface area contributed by atoms with Gasteiger partial charge < -0.3 is 12.3 Å². The maximum atomic E-state index is 10.2. The van der Waals surface area contributed by atoms with Gasteiger partial charge >= 0.3 is 31.8 Å². The Morgan fingerprint density at radius 1 is 0.867 bits per heavy atom. The molecule has 0 radical (unpaired) electrons. The van der Waals surface area contributed by atoms with Crippen molar-refractivity contribution in [1.29, 1.82) is 0 Å². The fraction of sp³-hybridized carbons (Fsp3) is 0. The third kappa shape index (κ3) is 4.57. The molecule has 1 rings (SSSR count). The van der Waals surface area contributed by atoms with Crippen LogP contribution in [0.1, 0.15) is 0 Å². The summed E-state index contributed by atoms with van der Waals surface area (Å²) in [7, 11) is 0. The summed E-state index contributed by atoms with van der Waals surface area (Å²) in [6.07, 6.45) is 0. The van der Waals surface area contributed by atoms with Crippen molar-refractivity contribution in [2.75, 3.05) is 0 Å². The van der Waals surface area contributed by atoms with E-state index in [9.17, 15) is 20.2 Å². The molecule has 1 aromatic carbocycles. The minimum absolute atomic E-state index is 0. The number of benzene rings is 1. The molecule has 0 saturated heterocycles. The van der Waals surface area contributed by atoms with E-state index in [-0.39, 0.29) is 32.7 Å². The van der Waals surface area contributed by atoms with E-state index in [1.807, 2.05) is 0 Å². The van der Waals surface area contributed by atoms with E-state index >= 15 is 0 Å². The third-order valence-electron chi connectivity index (χ3n) is 1.28. The molecule has 0 unspecified atom stereocenters. The van der Waals surface area contributed by atoms with Crippen LogP contribution in [-0.4, -0.2) is 9.85 Å². The van der Waals surface area contributed by atoms with Gasteiger partial charge in [0.1, 0.15) is 0 Å². The first-order valence-corrected chi connectivity index (χ1v) is 3.00. The van der Waals surface area contributed by atoms with Gasteiger partial charge in [0.25, 0.3) is 0 Å². The van der Waals surface area contributed by atoms with Crippen molar-refractivity contribution in [3.05, 3.63) is 56.8 Å². The van der Waals surface area contributed by atoms with Gasteiger partial charge in [-0.3, -0.25) is 20.2 Å². The fourth-order valence-electron chi connectivity index (χ4n) is 0.773. The molecule has 9 heteroatoms. The van der Waals surface area contributed by atoms with Gasteiger partial charge in [-0.25, -0.2) is 0 Å². The fourth-order valence-corrected chi connectivity index (χ4v) is 0.773. The monoisotopic (exact) mass is 306 g/mol. The van der Waals surface area contributed by atoms with Crippen LogP contribution in [0.5, 0.6) is 0 Å². The summed E-state index contributed by atoms with van der Waals surface area (Å²) >= 11 is 0. The van der Waals surface area contributed by atoms with Crippen molar-refractivity contribution in [3.8, 4) is 0 Å². The van der Waals surface area contributed by atoms with Gasteiger partial charge in [0.2, 0.25) is 0 Å². The van der Waals surface area contributed by atoms with Crippen LogP contribution in [0.25, 0.3) is 12.3 Å². The molecule has 4 N–H and O–H groups in total. The second-order valence-corrected chi connectivity index (χ2v) is 2.00. The number of hydrogen-bond acceptors (Lipinski definition) is 4. The summed E-state index contributed by atoms with van der Waals surface area (Å²) in [4.78, 5) is 18.9. The molecule has 0 aliphatic rings. The van der Waals surface area contributed by atoms with Gasteiger partial charge in [0.05, 0.1) is 9.85 Å². The molecule has 86 valence electrons. The van der Waals surface area contributed by atoms with E-state index < -0.39 is 21.2 Å². The number of nitrogens with two attached hydrogens (primary N) is 2. The van der Waals surface area contributed by atoms with Crippen molar-refractivity contribution in [1.82, 2.24) is 0 Å². The molecule has 0 amide bonds. The van der Waals surface area contributed by atoms with Crippen molar-refractivity contribution in [2.45, 2.75) is 0 Å². The zero-order valence-corrected chi connectivity index (χ0v) is 8.86. The maximum Gasteiger partial charge on any atom is 2.00 e. The average Bonchev–Trinajstić information content (AvgIpc) is 2.04. The van der Waals surface area contributed by atoms with Gasteiger partial charge in [-0.15, -0.1) is 0 Å². The van der Waals surface area contributed by atoms with Gasteiger partial charge in [0.15, 0.2) is 0 Å². The average molecular weight is 307 g/mol. The second kappa shape index (κ2) is 7.96. The van der Waals surface area contributed by atoms with Crippen molar-refractivity contribution in [2.24, 2.45) is 0 Å². The molecule has 0 spiro atoms. The Balaban J connectivity index is -0.000000480. The molecule has 0 bridgehead atoms. The molecule has 15 heavy (non-hydrogen) atoms. The Labute approximate surface area is 98.8 Å². The smallest absolute Gasteiger partial charge is 0.693 e. The Kier molecular flexibility index (Phi) is 10.2. The number of hydrogen-bond donors (Lipinski definition) is 0. The zero-order chi connectivity index (χ0) is 9.14. The molecule has 0 heterocycles. The Morgan fingerprint density at radius 2 is 1.13 bits per heavy atom. The largest absolute Gasteiger partial charge is 2.00 e. The van der Waals surface area contributed by atoms with Gasteiger partial charge in [0, 0.05) is 12.1 Å². The predicted octanol–water partition coefficient (Wildman–Crippen LogP) is 2.93. The first-order chi connectivity index (χ1) is 5.63. The van der Waals surface area contributed by atoms with E-state index in [1.54, 1.807) is 0 Å². The van der Waals surface area contributed by atoms with Crippen LogP contribution in [0.4, 0.5) is 11.4 Å². The normalized spacial score (nSPS) is 7.47. The minimum Gasteiger partial charge on any atom is -0.693 e. The summed E-state index contributed by atoms with van der Waals surface area (Å²) in [6.45, 7) is 0. The molecule has 0 aliphatic carbocycles. The summed E-state index contributed by atoms with van der Waals surface area (Å²) < 4.78 is 0. The van der Waals surface area contributed by atoms with Crippen LogP contribution < -0.4 is 0 Å². The van der Waals surface area contributed by atoms with Crippen molar-refractivity contribution in [3.63, 3.8) is 0 Å². The van der Waals surface area contributed by atoms with E-state index in [2.05, 4.69) is 0 Å². The summed E-state index contributed by atoms with van der Waals surface area (Å²) in [5.41, 5.74) is -0.968. The van der Waals surface area contributed by atoms with E-state index in [1.165, 1.54) is 12.1 Å². The summed E-state index contributed by atoms with van der Waals surface area (Å²) in [5.74, 6) is 0. The molecule has 0 saturated carbocycles. The van der Waals surface area contributed by atoms with Crippen LogP contribution >= 0.6 is 0 Å². The Hall–Kier alpha value is -1.40. The summed E-state index contributed by atoms with van der Waals surface area (Å²) in [5, 5.41) is 20.5. The van der Waals surface area contributed by atoms with E-state index in [4.69, 9.17) is 0 Å². The van der Waals surface area contributed by atoms with Crippen molar-refractivity contribution < 1.29 is 30.3 Å². The maximum absolute atomic E-state index is 10.2. The van der Waals surface area contributed by atoms with Crippen LogP contribution in [0, 0.1) is 20.2 Å². The van der Waals surface area contributed by atoms with E-state index in [0.29, 0.717) is 0 Å². The molecular formula is C6H8N4O4Pd. The number of rotatable bonds is 2. The van der Waals surface area contributed by atoms with Crippen LogP contribution in [0.15, 0.2) is 24.3 Å². The molecule has 0 aromatic heterocycles. The van der Waals surface area contributed by atoms with Crippen molar-refractivity contribution >= 4 is 11.4 Å². The zero-order valence-electron chi connectivity index (χ0n) is 7.31. The molecule has 0 aliphatic heterocycles. The molecular weight excluding hydrogens is 299 g/mol. The number of nitro benzene ring substituents is 2. The quantitative estimate of drug-likeness (QED) is 0.468. The predicted molar refractivity (Wildman–Crippen MR) is 50.3 cm³/mol. The number of nitro groups is 2. The molecule has 0 fully saturated rings. The molecule has 1 aromatic rings. The van der Waals surface area contributed by atoms with E-state index in [0.717, 1.165) is 12.1 Å². The van der Waals surface area contributed by atoms with Crippen LogP contribution in [0.3, 0.4) is 0 Å². The van der Waals surface area contributed by atoms with Gasteiger partial charge in [-0.05, 0) is 0 Å². The first-order valence-electron chi connectivity index (χ1n) is 3.00. The topological polar surface area (TPSA) is 153 Å². The third-order valence-corrected chi connectivity index (χ3v) is 1.28. The Morgan fingerprint density at radius 3 is 1.33 bits per heavy atom. The van der Waals surface area contributed by atoms with Crippen LogP contribution in [-0.2, 0) is 20.4 Å². The standard InChI is InChI=1S/C6H4N2O4.2H2N.Pd/c9-7(10)5-3-1-2-4-6(5)8(11)12;;;/h1-4H;2*1H2;/q;2*-1;+2. The van der Waals surface area contributed by atoms with Gasteiger partial charge in [-0.1, -0.05) is 12.1 Å². The minimum atomic E-state index is -0.780. The molecule has 0 atom stereocenters. The van der Waals surface area contributed by atoms with Gasteiger partial charge in [-0.2, -0.15) is 0 Å². The molecule has 8 nitrogen and oxygen atoms in total. The van der Waals surface area contributed by atoms with Crippen LogP contribution in [0.2, 0.25) is 0 Å².